The zero-order valence-electron chi connectivity index (χ0n) is 15.8. The van der Waals surface area contributed by atoms with Crippen LogP contribution in [-0.2, 0) is 22.5 Å². The van der Waals surface area contributed by atoms with E-state index in [4.69, 9.17) is 4.74 Å². The molecule has 0 spiro atoms. The number of carbonyl (C=O) groups excluding carboxylic acids is 2. The lowest BCUT2D eigenvalue weighted by Crippen LogP contribution is -2.38. The zero-order valence-corrected chi connectivity index (χ0v) is 16.7. The first-order valence-corrected chi connectivity index (χ1v) is 10.4. The number of benzene rings is 1. The number of rotatable bonds is 5. The third-order valence-electron chi connectivity index (χ3n) is 5.34. The maximum Gasteiger partial charge on any atom is 0.338 e. The van der Waals surface area contributed by atoms with E-state index in [1.165, 1.54) is 17.0 Å². The van der Waals surface area contributed by atoms with Crippen molar-refractivity contribution in [2.45, 2.75) is 25.8 Å². The molecule has 1 aromatic carbocycles. The lowest BCUT2D eigenvalue weighted by atomic mass is 10.1. The van der Waals surface area contributed by atoms with Gasteiger partial charge >= 0.3 is 5.97 Å². The van der Waals surface area contributed by atoms with E-state index in [2.05, 4.69) is 0 Å². The van der Waals surface area contributed by atoms with Crippen LogP contribution in [0.5, 0.6) is 0 Å². The number of carbonyl (C=O) groups is 2. The van der Waals surface area contributed by atoms with Crippen molar-refractivity contribution in [2.75, 3.05) is 31.1 Å². The van der Waals surface area contributed by atoms with Crippen LogP contribution in [0, 0.1) is 10.1 Å². The number of hydrogen-bond donors (Lipinski definition) is 0. The first-order chi connectivity index (χ1) is 14.0. The van der Waals surface area contributed by atoms with Crippen LogP contribution in [-0.4, -0.2) is 47.9 Å². The fourth-order valence-electron chi connectivity index (χ4n) is 3.79. The number of ether oxygens (including phenoxy) is 1. The molecule has 0 radical (unpaired) electrons. The Kier molecular flexibility index (Phi) is 5.48. The summed E-state index contributed by atoms with van der Waals surface area (Å²) in [7, 11) is 0. The van der Waals surface area contributed by atoms with Crippen LogP contribution in [0.1, 0.15) is 33.6 Å². The normalized spacial score (nSPS) is 15.9. The number of anilines is 1. The Morgan fingerprint density at radius 3 is 2.72 bits per heavy atom. The lowest BCUT2D eigenvalue weighted by Gasteiger charge is -2.26. The summed E-state index contributed by atoms with van der Waals surface area (Å²) in [5.74, 6) is -0.999. The van der Waals surface area contributed by atoms with Crippen molar-refractivity contribution in [1.82, 2.24) is 4.90 Å². The first kappa shape index (κ1) is 19.4. The Hall–Kier alpha value is -2.94. The third kappa shape index (κ3) is 4.09. The molecule has 0 unspecified atom stereocenters. The van der Waals surface area contributed by atoms with Gasteiger partial charge in [-0.15, -0.1) is 11.3 Å². The summed E-state index contributed by atoms with van der Waals surface area (Å²) in [6.07, 6.45) is 2.79. The second-order valence-corrected chi connectivity index (χ2v) is 8.17. The summed E-state index contributed by atoms with van der Waals surface area (Å²) in [6, 6.07) is 6.35. The number of nitro groups is 1. The van der Waals surface area contributed by atoms with Gasteiger partial charge in [0.1, 0.15) is 5.69 Å². The highest BCUT2D eigenvalue weighted by Gasteiger charge is 2.26. The molecule has 8 nitrogen and oxygen atoms in total. The van der Waals surface area contributed by atoms with Gasteiger partial charge in [0.2, 0.25) is 0 Å². The maximum atomic E-state index is 12.4. The Morgan fingerprint density at radius 2 is 1.97 bits per heavy atom. The largest absolute Gasteiger partial charge is 0.452 e. The van der Waals surface area contributed by atoms with Crippen LogP contribution < -0.4 is 4.90 Å². The monoisotopic (exact) mass is 415 g/mol. The number of fused-ring (bicyclic) bond motifs is 1. The van der Waals surface area contributed by atoms with E-state index in [1.54, 1.807) is 22.3 Å². The molecule has 1 saturated heterocycles. The SMILES string of the molecule is O=C(OCC(=O)N1CCc2sccc2C1)c1ccc(N2CCCC2)c([N+](=O)[O-])c1. The summed E-state index contributed by atoms with van der Waals surface area (Å²) in [6.45, 7) is 2.27. The van der Waals surface area contributed by atoms with Gasteiger partial charge in [-0.2, -0.15) is 0 Å². The van der Waals surface area contributed by atoms with Gasteiger partial charge in [-0.1, -0.05) is 0 Å². The van der Waals surface area contributed by atoms with Gasteiger partial charge in [0.15, 0.2) is 6.61 Å². The van der Waals surface area contributed by atoms with Crippen molar-refractivity contribution in [2.24, 2.45) is 0 Å². The maximum absolute atomic E-state index is 12.4. The van der Waals surface area contributed by atoms with Crippen molar-refractivity contribution in [3.8, 4) is 0 Å². The lowest BCUT2D eigenvalue weighted by molar-refractivity contribution is -0.384. The molecule has 1 aromatic heterocycles. The minimum Gasteiger partial charge on any atom is -0.452 e. The van der Waals surface area contributed by atoms with Gasteiger partial charge in [0, 0.05) is 37.1 Å². The van der Waals surface area contributed by atoms with E-state index in [1.807, 2.05) is 16.3 Å². The van der Waals surface area contributed by atoms with E-state index in [0.29, 0.717) is 18.8 Å². The fourth-order valence-corrected chi connectivity index (χ4v) is 4.68. The highest BCUT2D eigenvalue weighted by molar-refractivity contribution is 7.10. The molecular formula is C20H21N3O5S. The zero-order chi connectivity index (χ0) is 20.4. The van der Waals surface area contributed by atoms with E-state index in [9.17, 15) is 19.7 Å². The number of esters is 1. The number of nitrogens with zero attached hydrogens (tertiary/aromatic N) is 3. The minimum absolute atomic E-state index is 0.0752. The number of amides is 1. The fraction of sp³-hybridized carbons (Fsp3) is 0.400. The summed E-state index contributed by atoms with van der Waals surface area (Å²) in [4.78, 5) is 40.7. The Morgan fingerprint density at radius 1 is 1.17 bits per heavy atom. The number of hydrogen-bond acceptors (Lipinski definition) is 7. The predicted octanol–water partition coefficient (Wildman–Crippen LogP) is 3.00. The van der Waals surface area contributed by atoms with Crippen LogP contribution in [0.25, 0.3) is 0 Å². The van der Waals surface area contributed by atoms with E-state index in [0.717, 1.165) is 37.9 Å². The van der Waals surface area contributed by atoms with Crippen molar-refractivity contribution < 1.29 is 19.2 Å². The third-order valence-corrected chi connectivity index (χ3v) is 6.36. The summed E-state index contributed by atoms with van der Waals surface area (Å²) in [5.41, 5.74) is 1.61. The van der Waals surface area contributed by atoms with Gasteiger partial charge in [0.25, 0.3) is 11.6 Å². The van der Waals surface area contributed by atoms with Crippen LogP contribution >= 0.6 is 11.3 Å². The molecule has 2 aliphatic rings. The first-order valence-electron chi connectivity index (χ1n) is 9.56. The van der Waals surface area contributed by atoms with Crippen molar-refractivity contribution in [3.63, 3.8) is 0 Å². The van der Waals surface area contributed by atoms with Crippen LogP contribution in [0.4, 0.5) is 11.4 Å². The topological polar surface area (TPSA) is 93.0 Å². The predicted molar refractivity (Wildman–Crippen MR) is 108 cm³/mol. The second-order valence-electron chi connectivity index (χ2n) is 7.17. The van der Waals surface area contributed by atoms with Crippen LogP contribution in [0.15, 0.2) is 29.6 Å². The second kappa shape index (κ2) is 8.20. The molecule has 1 fully saturated rings. The summed E-state index contributed by atoms with van der Waals surface area (Å²) < 4.78 is 5.15. The summed E-state index contributed by atoms with van der Waals surface area (Å²) in [5, 5.41) is 13.5. The molecule has 2 aliphatic heterocycles. The molecule has 0 aliphatic carbocycles. The van der Waals surface area contributed by atoms with Crippen molar-refractivity contribution in [1.29, 1.82) is 0 Å². The highest BCUT2D eigenvalue weighted by atomic mass is 32.1. The molecule has 2 aromatic rings. The standard InChI is InChI=1S/C20H21N3O5S/c24-19(22-9-5-18-15(12-22)6-10-29-18)13-28-20(25)14-3-4-16(17(11-14)23(26)27)21-7-1-2-8-21/h3-4,6,10-11H,1-2,5,7-9,12-13H2. The average molecular weight is 415 g/mol. The average Bonchev–Trinajstić information content (AvgIpc) is 3.42. The number of nitro benzene ring substituents is 1. The molecule has 29 heavy (non-hydrogen) atoms. The van der Waals surface area contributed by atoms with E-state index < -0.39 is 10.9 Å². The molecule has 0 atom stereocenters. The molecular weight excluding hydrogens is 394 g/mol. The highest BCUT2D eigenvalue weighted by Crippen LogP contribution is 2.32. The Balaban J connectivity index is 1.40. The molecule has 0 N–H and O–H groups in total. The minimum atomic E-state index is -0.734. The van der Waals surface area contributed by atoms with Gasteiger partial charge in [-0.05, 0) is 48.4 Å². The smallest absolute Gasteiger partial charge is 0.338 e. The van der Waals surface area contributed by atoms with Gasteiger partial charge in [-0.3, -0.25) is 14.9 Å². The molecule has 0 saturated carbocycles. The molecule has 3 heterocycles. The van der Waals surface area contributed by atoms with Crippen LogP contribution in [0.2, 0.25) is 0 Å². The molecule has 152 valence electrons. The van der Waals surface area contributed by atoms with Crippen molar-refractivity contribution in [3.05, 3.63) is 55.8 Å². The quantitative estimate of drug-likeness (QED) is 0.423. The van der Waals surface area contributed by atoms with Gasteiger partial charge < -0.3 is 14.5 Å². The molecule has 0 bridgehead atoms. The van der Waals surface area contributed by atoms with Gasteiger partial charge in [0.05, 0.1) is 10.5 Å². The van der Waals surface area contributed by atoms with E-state index >= 15 is 0 Å². The van der Waals surface area contributed by atoms with E-state index in [-0.39, 0.29) is 23.8 Å². The van der Waals surface area contributed by atoms with Crippen molar-refractivity contribution >= 4 is 34.6 Å². The molecule has 9 heteroatoms. The number of thiophene rings is 1. The summed E-state index contributed by atoms with van der Waals surface area (Å²) >= 11 is 1.69. The molecule has 4 rings (SSSR count). The van der Waals surface area contributed by atoms with Gasteiger partial charge in [-0.25, -0.2) is 4.79 Å². The Bertz CT molecular complexity index is 951. The Labute approximate surface area is 171 Å². The molecule has 1 amide bonds. The van der Waals surface area contributed by atoms with Crippen LogP contribution in [0.3, 0.4) is 0 Å².